The highest BCUT2D eigenvalue weighted by Crippen LogP contribution is 2.27. The summed E-state index contributed by atoms with van der Waals surface area (Å²) in [6.07, 6.45) is 2.01. The molecule has 1 aromatic rings. The summed E-state index contributed by atoms with van der Waals surface area (Å²) < 4.78 is 27.7. The molecule has 0 spiro atoms. The first kappa shape index (κ1) is 16.4. The normalized spacial score (nSPS) is 11.3. The van der Waals surface area contributed by atoms with Gasteiger partial charge >= 0.3 is 0 Å². The molecular weight excluding hydrogens is 264 g/mol. The summed E-state index contributed by atoms with van der Waals surface area (Å²) in [6, 6.07) is 2.87. The summed E-state index contributed by atoms with van der Waals surface area (Å²) in [4.78, 5) is 0.154. The van der Waals surface area contributed by atoms with Crippen molar-refractivity contribution in [3.05, 3.63) is 29.3 Å². The van der Waals surface area contributed by atoms with Gasteiger partial charge in [-0.2, -0.15) is 0 Å². The minimum absolute atomic E-state index is 0.154. The van der Waals surface area contributed by atoms with E-state index in [0.29, 0.717) is 18.0 Å². The van der Waals surface area contributed by atoms with Crippen LogP contribution in [0.15, 0.2) is 17.0 Å². The van der Waals surface area contributed by atoms with E-state index in [0.717, 1.165) is 25.1 Å². The van der Waals surface area contributed by atoms with Crippen LogP contribution in [0, 0.1) is 17.6 Å². The Kier molecular flexibility index (Phi) is 7.39. The Morgan fingerprint density at radius 1 is 1.21 bits per heavy atom. The molecule has 1 aromatic carbocycles. The number of halogens is 2. The van der Waals surface area contributed by atoms with Crippen molar-refractivity contribution in [1.29, 1.82) is 0 Å². The Morgan fingerprint density at radius 3 is 2.37 bits per heavy atom. The van der Waals surface area contributed by atoms with Gasteiger partial charge in [0.1, 0.15) is 11.6 Å². The molecule has 0 saturated heterocycles. The number of hydrogen-bond donors (Lipinski definition) is 1. The zero-order valence-corrected chi connectivity index (χ0v) is 12.7. The van der Waals surface area contributed by atoms with Crippen molar-refractivity contribution in [2.45, 2.75) is 45.1 Å². The third kappa shape index (κ3) is 5.91. The van der Waals surface area contributed by atoms with E-state index >= 15 is 0 Å². The number of rotatable bonds is 8. The van der Waals surface area contributed by atoms with Crippen LogP contribution in [-0.2, 0) is 6.54 Å². The van der Waals surface area contributed by atoms with Crippen LogP contribution < -0.4 is 5.32 Å². The van der Waals surface area contributed by atoms with Crippen molar-refractivity contribution in [3.8, 4) is 0 Å². The molecule has 0 aliphatic carbocycles. The van der Waals surface area contributed by atoms with Gasteiger partial charge < -0.3 is 5.32 Å². The molecule has 1 N–H and O–H groups in total. The third-order valence-corrected chi connectivity index (χ3v) is 3.86. The molecule has 0 fully saturated rings. The van der Waals surface area contributed by atoms with Crippen molar-refractivity contribution in [2.24, 2.45) is 5.92 Å². The minimum atomic E-state index is -0.442. The second-order valence-corrected chi connectivity index (χ2v) is 6.22. The maximum absolute atomic E-state index is 13.8. The Morgan fingerprint density at radius 2 is 1.84 bits per heavy atom. The molecule has 0 aromatic heterocycles. The van der Waals surface area contributed by atoms with Gasteiger partial charge in [0.15, 0.2) is 0 Å². The molecule has 1 nitrogen and oxygen atoms in total. The van der Waals surface area contributed by atoms with Crippen molar-refractivity contribution in [2.75, 3.05) is 12.3 Å². The van der Waals surface area contributed by atoms with Gasteiger partial charge in [-0.25, -0.2) is 8.78 Å². The smallest absolute Gasteiger partial charge is 0.140 e. The summed E-state index contributed by atoms with van der Waals surface area (Å²) in [6.45, 7) is 7.61. The Hall–Kier alpha value is -0.610. The van der Waals surface area contributed by atoms with E-state index in [9.17, 15) is 8.78 Å². The number of nitrogens with one attached hydrogen (secondary N) is 1. The van der Waals surface area contributed by atoms with Gasteiger partial charge in [0.05, 0.1) is 4.90 Å². The van der Waals surface area contributed by atoms with E-state index in [2.05, 4.69) is 26.1 Å². The summed E-state index contributed by atoms with van der Waals surface area (Å²) in [5.74, 6) is 0.401. The molecule has 0 bridgehead atoms. The van der Waals surface area contributed by atoms with Crippen molar-refractivity contribution in [3.63, 3.8) is 0 Å². The zero-order valence-electron chi connectivity index (χ0n) is 11.9. The third-order valence-electron chi connectivity index (χ3n) is 2.68. The van der Waals surface area contributed by atoms with Crippen molar-refractivity contribution < 1.29 is 8.78 Å². The standard InChI is InChI=1S/C15H23F2NS/c1-4-5-6-19-15-13(16)7-12(8-14(15)17)10-18-9-11(2)3/h7-8,11,18H,4-6,9-10H2,1-3H3. The fourth-order valence-electron chi connectivity index (χ4n) is 1.68. The van der Waals surface area contributed by atoms with Crippen LogP contribution in [0.3, 0.4) is 0 Å². The molecule has 0 amide bonds. The van der Waals surface area contributed by atoms with E-state index in [-0.39, 0.29) is 4.90 Å². The van der Waals surface area contributed by atoms with Crippen LogP contribution >= 0.6 is 11.8 Å². The first-order valence-electron chi connectivity index (χ1n) is 6.86. The number of thioether (sulfide) groups is 1. The highest BCUT2D eigenvalue weighted by Gasteiger charge is 2.11. The largest absolute Gasteiger partial charge is 0.312 e. The fraction of sp³-hybridized carbons (Fsp3) is 0.600. The molecule has 1 rings (SSSR count). The first-order chi connectivity index (χ1) is 9.04. The van der Waals surface area contributed by atoms with Gasteiger partial charge in [-0.15, -0.1) is 11.8 Å². The summed E-state index contributed by atoms with van der Waals surface area (Å²) in [5.41, 5.74) is 0.662. The van der Waals surface area contributed by atoms with E-state index in [1.165, 1.54) is 23.9 Å². The lowest BCUT2D eigenvalue weighted by molar-refractivity contribution is 0.525. The van der Waals surface area contributed by atoms with Crippen molar-refractivity contribution in [1.82, 2.24) is 5.32 Å². The van der Waals surface area contributed by atoms with Crippen LogP contribution in [0.4, 0.5) is 8.78 Å². The molecule has 4 heteroatoms. The molecule has 0 aliphatic heterocycles. The van der Waals surface area contributed by atoms with Gasteiger partial charge in [0.25, 0.3) is 0 Å². The maximum Gasteiger partial charge on any atom is 0.140 e. The van der Waals surface area contributed by atoms with Gasteiger partial charge in [0, 0.05) is 6.54 Å². The second-order valence-electron chi connectivity index (χ2n) is 5.12. The molecule has 0 atom stereocenters. The van der Waals surface area contributed by atoms with Crippen LogP contribution in [-0.4, -0.2) is 12.3 Å². The molecule has 0 aliphatic rings. The molecule has 0 saturated carbocycles. The van der Waals surface area contributed by atoms with Crippen LogP contribution in [0.5, 0.6) is 0 Å². The first-order valence-corrected chi connectivity index (χ1v) is 7.84. The monoisotopic (exact) mass is 287 g/mol. The van der Waals surface area contributed by atoms with E-state index in [1.807, 2.05) is 0 Å². The summed E-state index contributed by atoms with van der Waals surface area (Å²) in [5, 5.41) is 3.19. The van der Waals surface area contributed by atoms with Crippen LogP contribution in [0.25, 0.3) is 0 Å². The predicted octanol–water partition coefficient (Wildman–Crippen LogP) is 4.60. The average Bonchev–Trinajstić information content (AvgIpc) is 2.32. The highest BCUT2D eigenvalue weighted by atomic mass is 32.2. The number of benzene rings is 1. The lowest BCUT2D eigenvalue weighted by Gasteiger charge is -2.10. The summed E-state index contributed by atoms with van der Waals surface area (Å²) >= 11 is 1.27. The molecule has 0 heterocycles. The van der Waals surface area contributed by atoms with Crippen LogP contribution in [0.2, 0.25) is 0 Å². The Labute approximate surface area is 119 Å². The van der Waals surface area contributed by atoms with Gasteiger partial charge in [-0.3, -0.25) is 0 Å². The van der Waals surface area contributed by atoms with Crippen molar-refractivity contribution >= 4 is 11.8 Å². The minimum Gasteiger partial charge on any atom is -0.312 e. The predicted molar refractivity (Wildman–Crippen MR) is 78.5 cm³/mol. The second kappa shape index (κ2) is 8.54. The SMILES string of the molecule is CCCCSc1c(F)cc(CNCC(C)C)cc1F. The molecule has 0 unspecified atom stereocenters. The van der Waals surface area contributed by atoms with E-state index in [1.54, 1.807) is 0 Å². The number of hydrogen-bond acceptors (Lipinski definition) is 2. The summed E-state index contributed by atoms with van der Waals surface area (Å²) in [7, 11) is 0. The van der Waals surface area contributed by atoms with Gasteiger partial charge in [-0.05, 0) is 42.3 Å². The maximum atomic E-state index is 13.8. The van der Waals surface area contributed by atoms with E-state index < -0.39 is 11.6 Å². The molecular formula is C15H23F2NS. The average molecular weight is 287 g/mol. The zero-order chi connectivity index (χ0) is 14.3. The molecule has 19 heavy (non-hydrogen) atoms. The lowest BCUT2D eigenvalue weighted by atomic mass is 10.2. The van der Waals surface area contributed by atoms with E-state index in [4.69, 9.17) is 0 Å². The molecule has 108 valence electrons. The quantitative estimate of drug-likeness (QED) is 0.554. The van der Waals surface area contributed by atoms with Gasteiger partial charge in [-0.1, -0.05) is 27.2 Å². The molecule has 0 radical (unpaired) electrons. The topological polar surface area (TPSA) is 12.0 Å². The number of unbranched alkanes of at least 4 members (excludes halogenated alkanes) is 1. The fourth-order valence-corrected chi connectivity index (χ4v) is 2.71. The Bertz CT molecular complexity index is 371. The van der Waals surface area contributed by atoms with Crippen LogP contribution in [0.1, 0.15) is 39.2 Å². The highest BCUT2D eigenvalue weighted by molar-refractivity contribution is 7.99. The Balaban J connectivity index is 2.62. The lowest BCUT2D eigenvalue weighted by Crippen LogP contribution is -2.19. The van der Waals surface area contributed by atoms with Gasteiger partial charge in [0.2, 0.25) is 0 Å².